The van der Waals surface area contributed by atoms with E-state index in [1.165, 1.54) is 38.5 Å². The molecular formula is C17H32O5. The minimum absolute atomic E-state index is 0.0566. The molecule has 0 aromatic rings. The largest absolute Gasteiger partial charge is 0.388 e. The molecule has 0 aromatic heterocycles. The fourth-order valence-corrected chi connectivity index (χ4v) is 2.54. The van der Waals surface area contributed by atoms with Crippen LogP contribution >= 0.6 is 0 Å². The maximum atomic E-state index is 9.84. The van der Waals surface area contributed by atoms with E-state index in [1.54, 1.807) is 0 Å². The second-order valence-corrected chi connectivity index (χ2v) is 5.99. The van der Waals surface area contributed by atoms with Crippen LogP contribution in [0.3, 0.4) is 0 Å². The van der Waals surface area contributed by atoms with Crippen molar-refractivity contribution in [2.24, 2.45) is 0 Å². The molecule has 1 saturated heterocycles. The van der Waals surface area contributed by atoms with Gasteiger partial charge in [-0.25, -0.2) is 0 Å². The summed E-state index contributed by atoms with van der Waals surface area (Å²) in [6, 6.07) is 0. The molecule has 0 bridgehead atoms. The van der Waals surface area contributed by atoms with Crippen LogP contribution in [0, 0.1) is 0 Å². The van der Waals surface area contributed by atoms with Crippen LogP contribution in [0.15, 0.2) is 12.2 Å². The van der Waals surface area contributed by atoms with E-state index < -0.39 is 24.4 Å². The minimum atomic E-state index is -1.04. The average molecular weight is 316 g/mol. The third kappa shape index (κ3) is 7.70. The Morgan fingerprint density at radius 1 is 1.14 bits per heavy atom. The molecular weight excluding hydrogens is 284 g/mol. The molecule has 1 fully saturated rings. The Balaban J connectivity index is 1.95. The van der Waals surface area contributed by atoms with E-state index in [4.69, 9.17) is 9.47 Å². The van der Waals surface area contributed by atoms with Crippen LogP contribution in [0.4, 0.5) is 0 Å². The standard InChI is InChI=1S/C17H32O5/c1-2-3-4-5-6-7-8-9-10-11-21-12-15(19)17-16(20)14(18)13-22-17/h9-10,14-20H,2-8,11-13H2,1H3/b10-9+/t14-,15+,16-,17-/m1/s1. The van der Waals surface area contributed by atoms with Gasteiger partial charge >= 0.3 is 0 Å². The number of hydrogen-bond donors (Lipinski definition) is 3. The first-order valence-corrected chi connectivity index (χ1v) is 8.55. The topological polar surface area (TPSA) is 79.2 Å². The second kappa shape index (κ2) is 12.0. The molecule has 130 valence electrons. The van der Waals surface area contributed by atoms with Crippen molar-refractivity contribution >= 4 is 0 Å². The fourth-order valence-electron chi connectivity index (χ4n) is 2.54. The molecule has 3 N–H and O–H groups in total. The number of ether oxygens (including phenoxy) is 2. The predicted molar refractivity (Wildman–Crippen MR) is 85.7 cm³/mol. The van der Waals surface area contributed by atoms with Gasteiger partial charge in [-0.2, -0.15) is 0 Å². The zero-order valence-corrected chi connectivity index (χ0v) is 13.7. The van der Waals surface area contributed by atoms with Crippen LogP contribution in [0.1, 0.15) is 51.9 Å². The molecule has 1 heterocycles. The molecule has 5 nitrogen and oxygen atoms in total. The number of aliphatic hydroxyl groups is 3. The summed E-state index contributed by atoms with van der Waals surface area (Å²) in [7, 11) is 0. The lowest BCUT2D eigenvalue weighted by molar-refractivity contribution is -0.0782. The van der Waals surface area contributed by atoms with Crippen LogP contribution in [-0.2, 0) is 9.47 Å². The van der Waals surface area contributed by atoms with Crippen molar-refractivity contribution in [2.75, 3.05) is 19.8 Å². The zero-order valence-electron chi connectivity index (χ0n) is 13.7. The molecule has 0 aliphatic carbocycles. The highest BCUT2D eigenvalue weighted by Gasteiger charge is 2.39. The van der Waals surface area contributed by atoms with E-state index in [1.807, 2.05) is 6.08 Å². The van der Waals surface area contributed by atoms with Crippen molar-refractivity contribution in [1.82, 2.24) is 0 Å². The predicted octanol–water partition coefficient (Wildman–Crippen LogP) is 1.79. The molecule has 0 aromatic carbocycles. The van der Waals surface area contributed by atoms with E-state index in [9.17, 15) is 15.3 Å². The van der Waals surface area contributed by atoms with Crippen molar-refractivity contribution in [2.45, 2.75) is 76.3 Å². The van der Waals surface area contributed by atoms with E-state index in [2.05, 4.69) is 13.0 Å². The molecule has 0 unspecified atom stereocenters. The average Bonchev–Trinajstić information content (AvgIpc) is 2.84. The smallest absolute Gasteiger partial charge is 0.114 e. The quantitative estimate of drug-likeness (QED) is 0.378. The van der Waals surface area contributed by atoms with Crippen LogP contribution in [-0.4, -0.2) is 59.6 Å². The summed E-state index contributed by atoms with van der Waals surface area (Å²) in [5, 5.41) is 28.8. The SMILES string of the molecule is CCCCCCCC/C=C/COC[C@H](O)[C@H]1OC[C@@H](O)[C@H]1O. The summed E-state index contributed by atoms with van der Waals surface area (Å²) in [6.07, 6.45) is 9.26. The van der Waals surface area contributed by atoms with Crippen LogP contribution in [0.5, 0.6) is 0 Å². The van der Waals surface area contributed by atoms with E-state index >= 15 is 0 Å². The zero-order chi connectivity index (χ0) is 16.2. The number of hydrogen-bond acceptors (Lipinski definition) is 5. The van der Waals surface area contributed by atoms with Crippen molar-refractivity contribution < 1.29 is 24.8 Å². The van der Waals surface area contributed by atoms with Gasteiger partial charge in [-0.15, -0.1) is 0 Å². The van der Waals surface area contributed by atoms with Gasteiger partial charge in [0.15, 0.2) is 0 Å². The Kier molecular flexibility index (Phi) is 10.7. The van der Waals surface area contributed by atoms with Crippen molar-refractivity contribution in [1.29, 1.82) is 0 Å². The molecule has 1 rings (SSSR count). The van der Waals surface area contributed by atoms with Crippen molar-refractivity contribution in [3.63, 3.8) is 0 Å². The summed E-state index contributed by atoms with van der Waals surface area (Å²) in [5.41, 5.74) is 0. The first-order valence-electron chi connectivity index (χ1n) is 8.55. The number of aliphatic hydroxyl groups excluding tert-OH is 3. The first-order chi connectivity index (χ1) is 10.7. The van der Waals surface area contributed by atoms with E-state index in [0.29, 0.717) is 6.61 Å². The molecule has 0 saturated carbocycles. The van der Waals surface area contributed by atoms with E-state index in [0.717, 1.165) is 6.42 Å². The van der Waals surface area contributed by atoms with Gasteiger partial charge in [0.1, 0.15) is 24.4 Å². The third-order valence-electron chi connectivity index (χ3n) is 3.96. The molecule has 5 heteroatoms. The van der Waals surface area contributed by atoms with Gasteiger partial charge in [0.05, 0.1) is 19.8 Å². The summed E-state index contributed by atoms with van der Waals surface area (Å²) >= 11 is 0. The summed E-state index contributed by atoms with van der Waals surface area (Å²) in [6.45, 7) is 2.82. The maximum Gasteiger partial charge on any atom is 0.114 e. The highest BCUT2D eigenvalue weighted by atomic mass is 16.5. The Hall–Kier alpha value is -0.460. The molecule has 4 atom stereocenters. The monoisotopic (exact) mass is 316 g/mol. The minimum Gasteiger partial charge on any atom is -0.388 e. The lowest BCUT2D eigenvalue weighted by Gasteiger charge is -2.20. The van der Waals surface area contributed by atoms with Gasteiger partial charge in [0.25, 0.3) is 0 Å². The fraction of sp³-hybridized carbons (Fsp3) is 0.882. The molecule has 0 spiro atoms. The first kappa shape index (κ1) is 19.6. The highest BCUT2D eigenvalue weighted by Crippen LogP contribution is 2.17. The Morgan fingerprint density at radius 2 is 1.86 bits per heavy atom. The maximum absolute atomic E-state index is 9.84. The third-order valence-corrected chi connectivity index (χ3v) is 3.96. The van der Waals surface area contributed by atoms with E-state index in [-0.39, 0.29) is 13.2 Å². The Labute approximate surface area is 133 Å². The molecule has 0 radical (unpaired) electrons. The normalized spacial score (nSPS) is 26.8. The summed E-state index contributed by atoms with van der Waals surface area (Å²) < 4.78 is 10.5. The van der Waals surface area contributed by atoms with Crippen LogP contribution < -0.4 is 0 Å². The van der Waals surface area contributed by atoms with Gasteiger partial charge < -0.3 is 24.8 Å². The molecule has 0 amide bonds. The number of unbranched alkanes of at least 4 members (excludes halogenated alkanes) is 6. The van der Waals surface area contributed by atoms with Gasteiger partial charge in [0, 0.05) is 0 Å². The number of allylic oxidation sites excluding steroid dienone is 1. The summed E-state index contributed by atoms with van der Waals surface area (Å²) in [4.78, 5) is 0. The Morgan fingerprint density at radius 3 is 2.55 bits per heavy atom. The molecule has 22 heavy (non-hydrogen) atoms. The summed E-state index contributed by atoms with van der Waals surface area (Å²) in [5.74, 6) is 0. The van der Waals surface area contributed by atoms with Gasteiger partial charge in [-0.1, -0.05) is 51.2 Å². The lowest BCUT2D eigenvalue weighted by atomic mass is 10.1. The van der Waals surface area contributed by atoms with Crippen LogP contribution in [0.2, 0.25) is 0 Å². The van der Waals surface area contributed by atoms with Crippen LogP contribution in [0.25, 0.3) is 0 Å². The van der Waals surface area contributed by atoms with Crippen molar-refractivity contribution in [3.8, 4) is 0 Å². The molecule has 1 aliphatic heterocycles. The molecule has 1 aliphatic rings. The second-order valence-electron chi connectivity index (χ2n) is 5.99. The van der Waals surface area contributed by atoms with Gasteiger partial charge in [-0.05, 0) is 12.8 Å². The van der Waals surface area contributed by atoms with Gasteiger partial charge in [-0.3, -0.25) is 0 Å². The highest BCUT2D eigenvalue weighted by molar-refractivity contribution is 4.88. The van der Waals surface area contributed by atoms with Gasteiger partial charge in [0.2, 0.25) is 0 Å². The Bertz CT molecular complexity index is 295. The number of rotatable bonds is 12. The lowest BCUT2D eigenvalue weighted by Crippen LogP contribution is -2.40. The van der Waals surface area contributed by atoms with Crippen molar-refractivity contribution in [3.05, 3.63) is 12.2 Å².